The van der Waals surface area contributed by atoms with Crippen LogP contribution in [0, 0.1) is 0 Å². The Labute approximate surface area is 224 Å². The Hall–Kier alpha value is -2.72. The van der Waals surface area contributed by atoms with E-state index in [9.17, 15) is 9.59 Å². The van der Waals surface area contributed by atoms with Gasteiger partial charge in [-0.05, 0) is 35.2 Å². The summed E-state index contributed by atoms with van der Waals surface area (Å²) in [6.45, 7) is 5.17. The van der Waals surface area contributed by atoms with Crippen molar-refractivity contribution in [1.29, 1.82) is 0 Å². The Morgan fingerprint density at radius 3 is 2.50 bits per heavy atom. The maximum Gasteiger partial charge on any atom is 0.322 e. The molecule has 0 atom stereocenters. The minimum atomic E-state index is -0.287. The Morgan fingerprint density at radius 1 is 0.972 bits per heavy atom. The predicted molar refractivity (Wildman–Crippen MR) is 147 cm³/mol. The fraction of sp³-hybridized carbons (Fsp3) is 0.333. The molecule has 1 aliphatic heterocycles. The predicted octanol–water partition coefficient (Wildman–Crippen LogP) is 4.91. The van der Waals surface area contributed by atoms with E-state index in [0.717, 1.165) is 28.0 Å². The molecule has 1 saturated heterocycles. The van der Waals surface area contributed by atoms with Gasteiger partial charge in [-0.1, -0.05) is 58.4 Å². The van der Waals surface area contributed by atoms with E-state index in [0.29, 0.717) is 45.1 Å². The lowest BCUT2D eigenvalue weighted by molar-refractivity contribution is -0.133. The molecule has 0 unspecified atom stereocenters. The van der Waals surface area contributed by atoms with E-state index in [2.05, 4.69) is 26.1 Å². The second-order valence-corrected chi connectivity index (χ2v) is 10.6. The molecule has 36 heavy (non-hydrogen) atoms. The molecule has 0 bridgehead atoms. The number of ether oxygens (including phenoxy) is 1. The van der Waals surface area contributed by atoms with E-state index in [1.165, 1.54) is 0 Å². The Kier molecular flexibility index (Phi) is 9.92. The van der Waals surface area contributed by atoms with Crippen molar-refractivity contribution in [3.8, 4) is 0 Å². The first-order chi connectivity index (χ1) is 17.6. The number of benzene rings is 2. The van der Waals surface area contributed by atoms with E-state index >= 15 is 0 Å². The monoisotopic (exact) mass is 570 g/mol. The van der Waals surface area contributed by atoms with Gasteiger partial charge in [0, 0.05) is 47.8 Å². The van der Waals surface area contributed by atoms with Crippen molar-refractivity contribution in [3.05, 3.63) is 87.0 Å². The lowest BCUT2D eigenvalue weighted by Gasteiger charge is -2.31. The highest BCUT2D eigenvalue weighted by molar-refractivity contribution is 9.10. The number of halogens is 1. The zero-order valence-corrected chi connectivity index (χ0v) is 22.5. The van der Waals surface area contributed by atoms with Crippen molar-refractivity contribution in [2.24, 2.45) is 0 Å². The van der Waals surface area contributed by atoms with Crippen LogP contribution in [0.5, 0.6) is 0 Å². The Morgan fingerprint density at radius 2 is 1.78 bits per heavy atom. The Balaban J connectivity index is 1.48. The van der Waals surface area contributed by atoms with Crippen molar-refractivity contribution in [2.75, 3.05) is 51.3 Å². The number of carbonyl (C=O) groups is 2. The van der Waals surface area contributed by atoms with Crippen molar-refractivity contribution in [1.82, 2.24) is 14.7 Å². The molecule has 0 aliphatic carbocycles. The van der Waals surface area contributed by atoms with Crippen LogP contribution < -0.4 is 5.32 Å². The number of rotatable bonds is 10. The standard InChI is InChI=1S/C27H31BrN4O3S/c28-23-8-4-9-24(18-23)29-27(34)31(12-11-30-13-15-35-16-14-30)21-26(33)32(20-25-10-5-17-36-25)19-22-6-2-1-3-7-22/h1-10,17-18H,11-16,19-21H2,(H,29,34). The van der Waals surface area contributed by atoms with Crippen molar-refractivity contribution < 1.29 is 14.3 Å². The minimum absolute atomic E-state index is 0.00237. The third-order valence-corrected chi connectivity index (χ3v) is 7.33. The largest absolute Gasteiger partial charge is 0.379 e. The highest BCUT2D eigenvalue weighted by atomic mass is 79.9. The average Bonchev–Trinajstić information content (AvgIpc) is 3.40. The average molecular weight is 572 g/mol. The van der Waals surface area contributed by atoms with Crippen LogP contribution in [0.25, 0.3) is 0 Å². The summed E-state index contributed by atoms with van der Waals surface area (Å²) in [5.74, 6) is -0.0846. The summed E-state index contributed by atoms with van der Waals surface area (Å²) in [5, 5.41) is 4.97. The van der Waals surface area contributed by atoms with Crippen LogP contribution >= 0.6 is 27.3 Å². The van der Waals surface area contributed by atoms with Gasteiger partial charge in [0.25, 0.3) is 0 Å². The zero-order chi connectivity index (χ0) is 25.2. The SMILES string of the molecule is O=C(CN(CCN1CCOCC1)C(=O)Nc1cccc(Br)c1)N(Cc1ccccc1)Cc1cccs1. The highest BCUT2D eigenvalue weighted by Gasteiger charge is 2.23. The third kappa shape index (κ3) is 8.16. The van der Waals surface area contributed by atoms with Gasteiger partial charge in [0.1, 0.15) is 6.54 Å². The molecule has 190 valence electrons. The third-order valence-electron chi connectivity index (χ3n) is 5.97. The fourth-order valence-electron chi connectivity index (χ4n) is 4.00. The van der Waals surface area contributed by atoms with E-state index in [1.807, 2.05) is 77.0 Å². The molecule has 4 rings (SSSR count). The van der Waals surface area contributed by atoms with E-state index in [-0.39, 0.29) is 18.5 Å². The summed E-state index contributed by atoms with van der Waals surface area (Å²) in [6, 6.07) is 21.1. The summed E-state index contributed by atoms with van der Waals surface area (Å²) in [6.07, 6.45) is 0. The topological polar surface area (TPSA) is 65.1 Å². The van der Waals surface area contributed by atoms with Gasteiger partial charge >= 0.3 is 6.03 Å². The van der Waals surface area contributed by atoms with Gasteiger partial charge in [-0.25, -0.2) is 4.79 Å². The number of morpholine rings is 1. The van der Waals surface area contributed by atoms with Crippen molar-refractivity contribution in [3.63, 3.8) is 0 Å². The molecule has 2 heterocycles. The molecule has 1 aliphatic rings. The lowest BCUT2D eigenvalue weighted by Crippen LogP contribution is -2.48. The molecule has 2 aromatic carbocycles. The van der Waals surface area contributed by atoms with E-state index in [1.54, 1.807) is 16.2 Å². The number of thiophene rings is 1. The number of hydrogen-bond acceptors (Lipinski definition) is 5. The molecule has 9 heteroatoms. The van der Waals surface area contributed by atoms with Crippen molar-refractivity contribution >= 4 is 44.9 Å². The first kappa shape index (κ1) is 26.3. The molecule has 0 radical (unpaired) electrons. The molecular weight excluding hydrogens is 540 g/mol. The summed E-state index contributed by atoms with van der Waals surface area (Å²) in [7, 11) is 0. The zero-order valence-electron chi connectivity index (χ0n) is 20.1. The number of urea groups is 1. The van der Waals surface area contributed by atoms with E-state index in [4.69, 9.17) is 4.74 Å². The number of carbonyl (C=O) groups excluding carboxylic acids is 2. The highest BCUT2D eigenvalue weighted by Crippen LogP contribution is 2.18. The van der Waals surface area contributed by atoms with Crippen LogP contribution in [-0.4, -0.2) is 72.6 Å². The molecule has 1 aromatic heterocycles. The van der Waals surface area contributed by atoms with Crippen molar-refractivity contribution in [2.45, 2.75) is 13.1 Å². The summed E-state index contributed by atoms with van der Waals surface area (Å²) < 4.78 is 6.32. The number of amides is 3. The number of nitrogens with zero attached hydrogens (tertiary/aromatic N) is 3. The van der Waals surface area contributed by atoms with Crippen LogP contribution in [0.4, 0.5) is 10.5 Å². The molecular formula is C27H31BrN4O3S. The van der Waals surface area contributed by atoms with Gasteiger partial charge in [0.05, 0.1) is 19.8 Å². The number of hydrogen-bond donors (Lipinski definition) is 1. The van der Waals surface area contributed by atoms with Gasteiger partial charge in [-0.3, -0.25) is 9.69 Å². The first-order valence-electron chi connectivity index (χ1n) is 12.0. The second-order valence-electron chi connectivity index (χ2n) is 8.63. The van der Waals surface area contributed by atoms with E-state index < -0.39 is 0 Å². The normalized spacial score (nSPS) is 13.8. The molecule has 0 spiro atoms. The molecule has 1 fully saturated rings. The van der Waals surface area contributed by atoms with Gasteiger partial charge in [0.2, 0.25) is 5.91 Å². The summed E-state index contributed by atoms with van der Waals surface area (Å²) in [4.78, 5) is 33.8. The summed E-state index contributed by atoms with van der Waals surface area (Å²) in [5.41, 5.74) is 1.73. The Bertz CT molecular complexity index is 1110. The van der Waals surface area contributed by atoms with Crippen LogP contribution in [0.15, 0.2) is 76.6 Å². The lowest BCUT2D eigenvalue weighted by atomic mass is 10.2. The number of nitrogens with one attached hydrogen (secondary N) is 1. The summed E-state index contributed by atoms with van der Waals surface area (Å²) >= 11 is 5.07. The van der Waals surface area contributed by atoms with Gasteiger partial charge in [0.15, 0.2) is 0 Å². The maximum atomic E-state index is 13.6. The van der Waals surface area contributed by atoms with Crippen LogP contribution in [0.2, 0.25) is 0 Å². The van der Waals surface area contributed by atoms with Crippen LogP contribution in [0.1, 0.15) is 10.4 Å². The number of anilines is 1. The van der Waals surface area contributed by atoms with Crippen LogP contribution in [-0.2, 0) is 22.6 Å². The second kappa shape index (κ2) is 13.5. The van der Waals surface area contributed by atoms with Crippen LogP contribution in [0.3, 0.4) is 0 Å². The first-order valence-corrected chi connectivity index (χ1v) is 13.7. The smallest absolute Gasteiger partial charge is 0.322 e. The molecule has 7 nitrogen and oxygen atoms in total. The quantitative estimate of drug-likeness (QED) is 0.376. The fourth-order valence-corrected chi connectivity index (χ4v) is 5.12. The molecule has 3 aromatic rings. The maximum absolute atomic E-state index is 13.6. The van der Waals surface area contributed by atoms with Gasteiger partial charge in [-0.15, -0.1) is 11.3 Å². The minimum Gasteiger partial charge on any atom is -0.379 e. The van der Waals surface area contributed by atoms with Gasteiger partial charge in [-0.2, -0.15) is 0 Å². The van der Waals surface area contributed by atoms with Gasteiger partial charge < -0.3 is 19.9 Å². The molecule has 0 saturated carbocycles. The molecule has 3 amide bonds. The molecule has 1 N–H and O–H groups in total.